The zero-order valence-corrected chi connectivity index (χ0v) is 12.8. The molecule has 2 heterocycles. The van der Waals surface area contributed by atoms with Crippen LogP contribution in [0.2, 0.25) is 0 Å². The van der Waals surface area contributed by atoms with Gasteiger partial charge in [-0.15, -0.1) is 0 Å². The highest BCUT2D eigenvalue weighted by molar-refractivity contribution is 5.56. The van der Waals surface area contributed by atoms with Crippen LogP contribution < -0.4 is 10.2 Å². The molecule has 2 aromatic rings. The van der Waals surface area contributed by atoms with Gasteiger partial charge in [-0.2, -0.15) is 0 Å². The quantitative estimate of drug-likeness (QED) is 0.935. The van der Waals surface area contributed by atoms with Gasteiger partial charge in [0.15, 0.2) is 0 Å². The first-order valence-corrected chi connectivity index (χ1v) is 7.54. The first-order valence-electron chi connectivity index (χ1n) is 7.54. The van der Waals surface area contributed by atoms with E-state index >= 15 is 0 Å². The molecule has 3 rings (SSSR count). The second-order valence-corrected chi connectivity index (χ2v) is 5.69. The lowest BCUT2D eigenvalue weighted by molar-refractivity contribution is 0.672. The van der Waals surface area contributed by atoms with Gasteiger partial charge in [0.25, 0.3) is 0 Å². The van der Waals surface area contributed by atoms with Gasteiger partial charge in [0.05, 0.1) is 5.69 Å². The van der Waals surface area contributed by atoms with E-state index in [1.807, 2.05) is 19.2 Å². The number of aromatic nitrogens is 2. The minimum absolute atomic E-state index is 0.778. The van der Waals surface area contributed by atoms with Crippen LogP contribution in [0.4, 0.5) is 5.69 Å². The molecule has 1 aromatic heterocycles. The highest BCUT2D eigenvalue weighted by Crippen LogP contribution is 2.26. The van der Waals surface area contributed by atoms with Crippen LogP contribution in [0.5, 0.6) is 0 Å². The van der Waals surface area contributed by atoms with Crippen LogP contribution in [0.3, 0.4) is 0 Å². The second kappa shape index (κ2) is 6.22. The number of nitrogens with one attached hydrogen (secondary N) is 1. The summed E-state index contributed by atoms with van der Waals surface area (Å²) in [6.45, 7) is 4.74. The molecule has 1 aliphatic heterocycles. The minimum atomic E-state index is 0.778. The molecule has 0 fully saturated rings. The summed E-state index contributed by atoms with van der Waals surface area (Å²) in [4.78, 5) is 10.9. The molecular formula is C17H22N4. The van der Waals surface area contributed by atoms with Gasteiger partial charge < -0.3 is 10.2 Å². The molecule has 0 amide bonds. The zero-order valence-electron chi connectivity index (χ0n) is 12.8. The van der Waals surface area contributed by atoms with Gasteiger partial charge in [-0.25, -0.2) is 9.97 Å². The van der Waals surface area contributed by atoms with E-state index in [1.54, 1.807) is 0 Å². The smallest absolute Gasteiger partial charge is 0.125 e. The molecular weight excluding hydrogens is 260 g/mol. The van der Waals surface area contributed by atoms with E-state index < -0.39 is 0 Å². The van der Waals surface area contributed by atoms with Crippen molar-refractivity contribution in [1.29, 1.82) is 0 Å². The molecule has 4 heteroatoms. The monoisotopic (exact) mass is 282 g/mol. The summed E-state index contributed by atoms with van der Waals surface area (Å²) in [7, 11) is 2.17. The Labute approximate surface area is 126 Å². The molecule has 0 radical (unpaired) electrons. The van der Waals surface area contributed by atoms with Crippen LogP contribution >= 0.6 is 0 Å². The summed E-state index contributed by atoms with van der Waals surface area (Å²) in [5.74, 6) is 0.825. The molecule has 0 spiro atoms. The molecule has 110 valence electrons. The van der Waals surface area contributed by atoms with Gasteiger partial charge >= 0.3 is 0 Å². The summed E-state index contributed by atoms with van der Waals surface area (Å²) < 4.78 is 0. The number of rotatable bonds is 4. The van der Waals surface area contributed by atoms with Crippen molar-refractivity contribution in [1.82, 2.24) is 15.3 Å². The fourth-order valence-corrected chi connectivity index (χ4v) is 2.89. The number of benzene rings is 1. The summed E-state index contributed by atoms with van der Waals surface area (Å²) in [6, 6.07) is 8.77. The normalized spacial score (nSPS) is 14.1. The lowest BCUT2D eigenvalue weighted by Crippen LogP contribution is -2.24. The van der Waals surface area contributed by atoms with E-state index in [0.717, 1.165) is 31.2 Å². The van der Waals surface area contributed by atoms with Gasteiger partial charge in [-0.05, 0) is 43.0 Å². The van der Waals surface area contributed by atoms with Crippen LogP contribution in [-0.4, -0.2) is 23.6 Å². The van der Waals surface area contributed by atoms with Crippen molar-refractivity contribution < 1.29 is 0 Å². The van der Waals surface area contributed by atoms with Crippen molar-refractivity contribution in [3.63, 3.8) is 0 Å². The Bertz CT molecular complexity index is 624. The van der Waals surface area contributed by atoms with E-state index in [-0.39, 0.29) is 0 Å². The van der Waals surface area contributed by atoms with Gasteiger partial charge in [-0.1, -0.05) is 12.1 Å². The molecule has 0 saturated heterocycles. The van der Waals surface area contributed by atoms with Crippen molar-refractivity contribution in [2.75, 3.05) is 18.5 Å². The minimum Gasteiger partial charge on any atom is -0.374 e. The average molecular weight is 282 g/mol. The van der Waals surface area contributed by atoms with E-state index in [1.165, 1.54) is 29.7 Å². The average Bonchev–Trinajstić information content (AvgIpc) is 2.47. The highest BCUT2D eigenvalue weighted by atomic mass is 15.1. The lowest BCUT2D eigenvalue weighted by atomic mass is 9.99. The number of aryl methyl sites for hydroxylation is 2. The van der Waals surface area contributed by atoms with Crippen molar-refractivity contribution in [3.8, 4) is 0 Å². The number of nitrogens with zero attached hydrogens (tertiary/aromatic N) is 3. The molecule has 1 N–H and O–H groups in total. The molecule has 1 aliphatic rings. The van der Waals surface area contributed by atoms with Crippen molar-refractivity contribution in [2.45, 2.75) is 32.9 Å². The molecule has 0 bridgehead atoms. The largest absolute Gasteiger partial charge is 0.374 e. The maximum atomic E-state index is 4.40. The summed E-state index contributed by atoms with van der Waals surface area (Å²) in [5.41, 5.74) is 5.24. The van der Waals surface area contributed by atoms with Crippen LogP contribution in [0.15, 0.2) is 30.5 Å². The Balaban J connectivity index is 1.61. The molecule has 0 aliphatic carbocycles. The third-order valence-corrected chi connectivity index (χ3v) is 3.96. The van der Waals surface area contributed by atoms with Gasteiger partial charge in [0.1, 0.15) is 5.82 Å². The third-order valence-electron chi connectivity index (χ3n) is 3.96. The van der Waals surface area contributed by atoms with Crippen LogP contribution in [0.25, 0.3) is 0 Å². The lowest BCUT2D eigenvalue weighted by Gasteiger charge is -2.27. The summed E-state index contributed by atoms with van der Waals surface area (Å²) >= 11 is 0. The van der Waals surface area contributed by atoms with Crippen molar-refractivity contribution >= 4 is 5.69 Å². The van der Waals surface area contributed by atoms with Gasteiger partial charge in [-0.3, -0.25) is 0 Å². The number of hydrogen-bond acceptors (Lipinski definition) is 4. The molecule has 21 heavy (non-hydrogen) atoms. The number of hydrogen-bond donors (Lipinski definition) is 1. The maximum Gasteiger partial charge on any atom is 0.125 e. The van der Waals surface area contributed by atoms with Crippen LogP contribution in [0.1, 0.15) is 29.1 Å². The Morgan fingerprint density at radius 3 is 3.00 bits per heavy atom. The summed E-state index contributed by atoms with van der Waals surface area (Å²) in [6.07, 6.45) is 4.26. The van der Waals surface area contributed by atoms with E-state index in [2.05, 4.69) is 45.4 Å². The highest BCUT2D eigenvalue weighted by Gasteiger charge is 2.13. The van der Waals surface area contributed by atoms with Gasteiger partial charge in [0.2, 0.25) is 0 Å². The fraction of sp³-hybridized carbons (Fsp3) is 0.412. The SMILES string of the molecule is Cc1nccc(CNCc2ccc3c(c2)CCCN3C)n1. The predicted octanol–water partition coefficient (Wildman–Crippen LogP) is 2.46. The summed E-state index contributed by atoms with van der Waals surface area (Å²) in [5, 5.41) is 3.46. The van der Waals surface area contributed by atoms with Crippen molar-refractivity contribution in [3.05, 3.63) is 53.1 Å². The number of anilines is 1. The molecule has 0 atom stereocenters. The molecule has 1 aromatic carbocycles. The standard InChI is InChI=1S/C17H22N4/c1-13-19-8-7-16(20-13)12-18-11-14-5-6-17-15(10-14)4-3-9-21(17)2/h5-8,10,18H,3-4,9,11-12H2,1-2H3. The van der Waals surface area contributed by atoms with E-state index in [9.17, 15) is 0 Å². The first kappa shape index (κ1) is 14.0. The van der Waals surface area contributed by atoms with Crippen LogP contribution in [-0.2, 0) is 19.5 Å². The Morgan fingerprint density at radius 2 is 2.14 bits per heavy atom. The Hall–Kier alpha value is -1.94. The van der Waals surface area contributed by atoms with Gasteiger partial charge in [0, 0.05) is 38.6 Å². The Morgan fingerprint density at radius 1 is 1.24 bits per heavy atom. The second-order valence-electron chi connectivity index (χ2n) is 5.69. The fourth-order valence-electron chi connectivity index (χ4n) is 2.89. The zero-order chi connectivity index (χ0) is 14.7. The molecule has 0 saturated carbocycles. The first-order chi connectivity index (χ1) is 10.2. The van der Waals surface area contributed by atoms with E-state index in [0.29, 0.717) is 0 Å². The maximum absolute atomic E-state index is 4.40. The predicted molar refractivity (Wildman–Crippen MR) is 85.3 cm³/mol. The van der Waals surface area contributed by atoms with E-state index in [4.69, 9.17) is 0 Å². The number of fused-ring (bicyclic) bond motifs is 1. The van der Waals surface area contributed by atoms with Crippen molar-refractivity contribution in [2.24, 2.45) is 0 Å². The molecule has 4 nitrogen and oxygen atoms in total. The van der Waals surface area contributed by atoms with Crippen LogP contribution in [0, 0.1) is 6.92 Å². The Kier molecular flexibility index (Phi) is 4.15. The molecule has 0 unspecified atom stereocenters. The topological polar surface area (TPSA) is 41.1 Å². The third kappa shape index (κ3) is 3.39.